The van der Waals surface area contributed by atoms with Gasteiger partial charge in [-0.25, -0.2) is 29.9 Å². The minimum atomic E-state index is -1.34. The first kappa shape index (κ1) is 81.8. The van der Waals surface area contributed by atoms with Gasteiger partial charge in [-0.05, 0) is 93.0 Å². The fourth-order valence-electron chi connectivity index (χ4n) is 10.9. The Kier molecular flexibility index (Phi) is 27.4. The van der Waals surface area contributed by atoms with E-state index in [-0.39, 0.29) is 134 Å². The Balaban J connectivity index is 1.42. The maximum atomic E-state index is 13.1. The molecule has 5 heterocycles. The molecule has 9 rings (SSSR count). The largest absolute Gasteiger partial charge is 0.481 e. The molecule has 8 bridgehead atoms. The van der Waals surface area contributed by atoms with Gasteiger partial charge in [-0.2, -0.15) is 0 Å². The first-order valence-corrected chi connectivity index (χ1v) is 33.8. The molecule has 40 heteroatoms. The van der Waals surface area contributed by atoms with Crippen LogP contribution in [0.2, 0.25) is 0 Å². The lowest BCUT2D eigenvalue weighted by Gasteiger charge is -2.14. The van der Waals surface area contributed by atoms with E-state index >= 15 is 0 Å². The van der Waals surface area contributed by atoms with Crippen LogP contribution in [0, 0.1) is 0 Å². The summed E-state index contributed by atoms with van der Waals surface area (Å²) in [4.78, 5) is 233. The highest BCUT2D eigenvalue weighted by Crippen LogP contribution is 2.41. The van der Waals surface area contributed by atoms with Gasteiger partial charge in [0.2, 0.25) is 0 Å². The van der Waals surface area contributed by atoms with Gasteiger partial charge < -0.3 is 88.7 Å². The summed E-state index contributed by atoms with van der Waals surface area (Å²) in [6.07, 6.45) is -9.93. The van der Waals surface area contributed by atoms with Crippen molar-refractivity contribution in [2.75, 3.05) is 0 Å². The third kappa shape index (κ3) is 22.9. The van der Waals surface area contributed by atoms with Gasteiger partial charge in [0.25, 0.3) is 0 Å². The molecule has 586 valence electrons. The molecular weight excluding hydrogens is 1490 g/mol. The molecule has 0 radical (unpaired) electrons. The van der Waals surface area contributed by atoms with Crippen LogP contribution in [0.4, 0.5) is 0 Å². The van der Waals surface area contributed by atoms with Crippen molar-refractivity contribution in [3.05, 3.63) is 93.0 Å². The monoisotopic (exact) mass is 1550 g/mol. The third-order valence-corrected chi connectivity index (χ3v) is 16.6. The Morgan fingerprint density at radius 2 is 0.357 bits per heavy atom. The molecule has 0 saturated carbocycles. The van der Waals surface area contributed by atoms with Crippen LogP contribution in [-0.4, -0.2) is 176 Å². The van der Waals surface area contributed by atoms with Crippen LogP contribution in [0.25, 0.3) is 89.7 Å². The zero-order valence-electron chi connectivity index (χ0n) is 58.6. The number of nitrogens with zero attached hydrogens (tertiary/aromatic N) is 6. The Labute approximate surface area is 627 Å². The van der Waals surface area contributed by atoms with E-state index in [1.165, 1.54) is 48.5 Å². The minimum absolute atomic E-state index is 0.0496. The van der Waals surface area contributed by atoms with Crippen LogP contribution < -0.4 is 0 Å². The predicted octanol–water partition coefficient (Wildman–Crippen LogP) is 6.13. The van der Waals surface area contributed by atoms with Gasteiger partial charge in [-0.15, -0.1) is 0 Å². The summed E-state index contributed by atoms with van der Waals surface area (Å²) in [6, 6.07) is 11.2. The van der Waals surface area contributed by atoms with Crippen molar-refractivity contribution in [2.45, 2.75) is 156 Å². The maximum Gasteiger partial charge on any atom is 0.306 e. The molecule has 0 unspecified atom stereocenters. The molecular formula is C72H66N8O32. The first-order chi connectivity index (χ1) is 53.3. The highest BCUT2D eigenvalue weighted by molar-refractivity contribution is 6.07. The molecule has 40 nitrogen and oxygen atoms in total. The fraction of sp³-hybridized carbons (Fsp3) is 0.333. The summed E-state index contributed by atoms with van der Waals surface area (Å²) in [7, 11) is 0. The van der Waals surface area contributed by atoms with E-state index in [0.717, 1.165) is 0 Å². The van der Waals surface area contributed by atoms with Gasteiger partial charge in [-0.3, -0.25) is 76.7 Å². The molecule has 112 heavy (non-hydrogen) atoms. The van der Waals surface area contributed by atoms with E-state index in [1.54, 1.807) is 0 Å². The maximum absolute atomic E-state index is 13.1. The summed E-state index contributed by atoms with van der Waals surface area (Å²) in [5.41, 5.74) is 0.0713. The van der Waals surface area contributed by atoms with Gasteiger partial charge in [0, 0.05) is 43.8 Å². The Bertz CT molecular complexity index is 4590. The molecule has 0 aliphatic carbocycles. The van der Waals surface area contributed by atoms with Gasteiger partial charge in [0.05, 0.1) is 103 Å². The van der Waals surface area contributed by atoms with Gasteiger partial charge >= 0.3 is 95.5 Å². The average molecular weight is 1560 g/mol. The zero-order valence-corrected chi connectivity index (χ0v) is 58.6. The van der Waals surface area contributed by atoms with Crippen LogP contribution in [0.5, 0.6) is 0 Å². The van der Waals surface area contributed by atoms with Gasteiger partial charge in [-0.1, -0.05) is 0 Å². The molecule has 10 N–H and O–H groups in total. The van der Waals surface area contributed by atoms with E-state index < -0.39 is 251 Å². The SMILES string of the molecule is O=C(O)CCC(=O)OCc1cc2c(cc1COC(=O)CCC(=O)O)-c1nc-2nc2[nH]c(nc3nc(nc4[nH]c(n1)c1cc(COC(=O)CCC(=O)O)c(COC(=O)CCC(=O)O)cc41)-c1cc(COC(=O)CCC(=O)O)c(COC(=O)CCC(=O)O)cc1-3)c1cc(COC(=O)CCC(=O)O)c(COC(=O)CCC(=O)O)cc21. The molecule has 0 saturated heterocycles. The van der Waals surface area contributed by atoms with Crippen LogP contribution in [0.1, 0.15) is 147 Å². The van der Waals surface area contributed by atoms with E-state index in [2.05, 4.69) is 9.97 Å². The number of hydrogen-bond donors (Lipinski definition) is 10. The molecule has 3 aromatic heterocycles. The number of ether oxygens (including phenoxy) is 8. The number of aliphatic carboxylic acids is 8. The molecule has 2 aliphatic heterocycles. The number of aromatic amines is 2. The summed E-state index contributed by atoms with van der Waals surface area (Å²) in [5, 5.41) is 75.3. The number of carboxylic acids is 8. The van der Waals surface area contributed by atoms with Crippen molar-refractivity contribution in [3.8, 4) is 45.6 Å². The quantitative estimate of drug-likeness (QED) is 0.0152. The standard InChI is InChI=1S/C72H66N8O32/c81-49(82)1-9-57(97)105-25-33-17-41-42(18-34(33)26-106-58(98)10-2-50(83)84)66-73-65(41)77-67-43-19-35(27-107-59(99)11-3-51(85)86)36(28-108-60(100)12-4-52(87)88)20-44(43)69(74-67)79-71-47-23-39(31-111-63(103)15-7-55(93)94)40(32-112-64(104)16-8-56(95)96)24-48(47)72(76-71)80-70-46-22-38(30-110-62(102)14-6-54(91)92)37(21-45(46)68(75-70)78-66)29-109-61(101)13-5-53(89)90/h17-24H,1-16,25-32H2,(H,81,82)(H,83,84)(H,85,86)(H,87,88)(H,89,90)(H,91,92)(H,93,94)(H,95,96)(H2,73,74,75,76,77,78,79,80). The van der Waals surface area contributed by atoms with Crippen LogP contribution in [0.15, 0.2) is 48.5 Å². The Hall–Kier alpha value is -14.2. The number of nitrogens with one attached hydrogen (secondary N) is 2. The van der Waals surface area contributed by atoms with Gasteiger partial charge in [0.1, 0.15) is 75.4 Å². The number of esters is 8. The second-order valence-electron chi connectivity index (χ2n) is 24.7. The van der Waals surface area contributed by atoms with E-state index in [4.69, 9.17) is 67.8 Å². The molecule has 0 atom stereocenters. The van der Waals surface area contributed by atoms with Crippen molar-refractivity contribution in [1.29, 1.82) is 0 Å². The summed E-state index contributed by atoms with van der Waals surface area (Å²) >= 11 is 0. The van der Waals surface area contributed by atoms with Crippen LogP contribution in [-0.2, 0) is 167 Å². The van der Waals surface area contributed by atoms with E-state index in [1.807, 2.05) is 0 Å². The molecule has 0 fully saturated rings. The second-order valence-corrected chi connectivity index (χ2v) is 24.7. The van der Waals surface area contributed by atoms with Crippen LogP contribution >= 0.6 is 0 Å². The number of benzene rings is 4. The number of aromatic nitrogens is 8. The van der Waals surface area contributed by atoms with Crippen molar-refractivity contribution in [1.82, 2.24) is 39.9 Å². The Morgan fingerprint density at radius 3 is 0.500 bits per heavy atom. The third-order valence-electron chi connectivity index (χ3n) is 16.6. The van der Waals surface area contributed by atoms with Crippen molar-refractivity contribution < 1.29 is 155 Å². The zero-order chi connectivity index (χ0) is 81.0. The van der Waals surface area contributed by atoms with Crippen molar-refractivity contribution in [3.63, 3.8) is 0 Å². The number of fused-ring (bicyclic) bond motifs is 20. The topological polar surface area (TPSA) is 618 Å². The van der Waals surface area contributed by atoms with E-state index in [9.17, 15) is 118 Å². The first-order valence-electron chi connectivity index (χ1n) is 33.8. The molecule has 4 aromatic carbocycles. The number of carbonyl (C=O) groups is 16. The van der Waals surface area contributed by atoms with Crippen LogP contribution in [0.3, 0.4) is 0 Å². The highest BCUT2D eigenvalue weighted by Gasteiger charge is 2.29. The van der Waals surface area contributed by atoms with Gasteiger partial charge in [0.15, 0.2) is 23.3 Å². The number of carbonyl (C=O) groups excluding carboxylic acids is 8. The Morgan fingerprint density at radius 1 is 0.214 bits per heavy atom. The molecule has 7 aromatic rings. The summed E-state index contributed by atoms with van der Waals surface area (Å²) in [6.45, 7) is -5.18. The molecule has 0 spiro atoms. The number of H-pyrrole nitrogens is 2. The van der Waals surface area contributed by atoms with E-state index in [0.29, 0.717) is 0 Å². The summed E-state index contributed by atoms with van der Waals surface area (Å²) in [5.74, 6) is -19.6. The molecule has 2 aliphatic rings. The lowest BCUT2D eigenvalue weighted by Crippen LogP contribution is -2.11. The van der Waals surface area contributed by atoms with Crippen molar-refractivity contribution in [2.24, 2.45) is 0 Å². The lowest BCUT2D eigenvalue weighted by atomic mass is 9.99. The lowest BCUT2D eigenvalue weighted by molar-refractivity contribution is -0.149. The minimum Gasteiger partial charge on any atom is -0.481 e. The highest BCUT2D eigenvalue weighted by atomic mass is 16.6. The second kappa shape index (κ2) is 37.5. The fourth-order valence-corrected chi connectivity index (χ4v) is 10.9. The summed E-state index contributed by atoms with van der Waals surface area (Å²) < 4.78 is 44.4. The number of hydrogen-bond acceptors (Lipinski definition) is 30. The number of rotatable bonds is 40. The average Bonchev–Trinajstić information content (AvgIpc) is 1.59. The normalized spacial score (nSPS) is 11.1. The van der Waals surface area contributed by atoms with Crippen molar-refractivity contribution >= 4 is 140 Å². The predicted molar refractivity (Wildman–Crippen MR) is 369 cm³/mol. The smallest absolute Gasteiger partial charge is 0.306 e. The molecule has 0 amide bonds. The number of carboxylic acid groups (broad SMARTS) is 8.